The molecule has 1 aliphatic carbocycles. The zero-order valence-electron chi connectivity index (χ0n) is 27.4. The molecule has 3 aromatic rings. The van der Waals surface area contributed by atoms with Crippen molar-refractivity contribution in [3.05, 3.63) is 106 Å². The summed E-state index contributed by atoms with van der Waals surface area (Å²) in [5, 5.41) is 1.39. The Morgan fingerprint density at radius 2 is 1.50 bits per heavy atom. The van der Waals surface area contributed by atoms with Crippen LogP contribution in [-0.4, -0.2) is 53.7 Å². The van der Waals surface area contributed by atoms with Gasteiger partial charge in [0, 0.05) is 30.2 Å². The highest BCUT2D eigenvalue weighted by atomic mass is 19.4. The highest BCUT2D eigenvalue weighted by Gasteiger charge is 2.36. The molecule has 254 valence electrons. The highest BCUT2D eigenvalue weighted by molar-refractivity contribution is 6.10. The number of aryl methyl sites for hydroxylation is 1. The van der Waals surface area contributed by atoms with Crippen molar-refractivity contribution in [3.63, 3.8) is 0 Å². The van der Waals surface area contributed by atoms with Crippen molar-refractivity contribution in [2.45, 2.75) is 65.1 Å². The molecule has 0 N–H and O–H groups in total. The molecule has 0 spiro atoms. The number of carbonyl (C=O) groups is 2. The molecule has 1 atom stereocenters. The lowest BCUT2D eigenvalue weighted by molar-refractivity contribution is -0.192. The summed E-state index contributed by atoms with van der Waals surface area (Å²) < 4.78 is 52.5. The topological polar surface area (TPSA) is 62.2 Å². The second kappa shape index (κ2) is 15.8. The van der Waals surface area contributed by atoms with Crippen LogP contribution in [0.2, 0.25) is 0 Å². The summed E-state index contributed by atoms with van der Waals surface area (Å²) in [4.78, 5) is 39.8. The maximum Gasteiger partial charge on any atom is 0.416 e. The first-order valence-electron chi connectivity index (χ1n) is 16.6. The number of halogens is 4. The van der Waals surface area contributed by atoms with E-state index in [1.54, 1.807) is 12.1 Å². The zero-order valence-corrected chi connectivity index (χ0v) is 27.4. The van der Waals surface area contributed by atoms with Crippen LogP contribution in [0.5, 0.6) is 0 Å². The van der Waals surface area contributed by atoms with Crippen molar-refractivity contribution in [1.29, 1.82) is 0 Å². The zero-order chi connectivity index (χ0) is 34.3. The lowest BCUT2D eigenvalue weighted by atomic mass is 9.83. The van der Waals surface area contributed by atoms with Gasteiger partial charge in [-0.05, 0) is 91.7 Å². The summed E-state index contributed by atoms with van der Waals surface area (Å²) in [6, 6.07) is 18.6. The van der Waals surface area contributed by atoms with Crippen LogP contribution in [0, 0.1) is 11.7 Å². The quantitative estimate of drug-likeness (QED) is 0.129. The standard InChI is InChI=1S/C38H41F4N3O3/c1-3-44(4-2)22-23-48-45(25-27-8-13-28(14-9-27)29-15-17-30(18-16-29)38(40,41)42)36(46)24-34-32-6-5-7-33(32)37(47)43-35(34)21-12-26-10-19-31(39)20-11-26/h8-11,13-20,34H,3-7,12,21-25H2,1-2H3. The lowest BCUT2D eigenvalue weighted by Gasteiger charge is -2.29. The maximum absolute atomic E-state index is 14.1. The fourth-order valence-electron chi connectivity index (χ4n) is 6.39. The van der Waals surface area contributed by atoms with Gasteiger partial charge in [-0.25, -0.2) is 14.4 Å². The third-order valence-electron chi connectivity index (χ3n) is 9.20. The smallest absolute Gasteiger partial charge is 0.301 e. The summed E-state index contributed by atoms with van der Waals surface area (Å²) in [5.74, 6) is -1.08. The van der Waals surface area contributed by atoms with E-state index in [1.165, 1.54) is 29.3 Å². The fraction of sp³-hybridized carbons (Fsp3) is 0.395. The average Bonchev–Trinajstić information content (AvgIpc) is 3.58. The molecule has 0 bridgehead atoms. The van der Waals surface area contributed by atoms with Crippen LogP contribution in [0.25, 0.3) is 11.1 Å². The Hall–Kier alpha value is -4.15. The van der Waals surface area contributed by atoms with Crippen molar-refractivity contribution in [1.82, 2.24) is 9.96 Å². The minimum Gasteiger partial charge on any atom is -0.301 e. The maximum atomic E-state index is 14.1. The molecule has 0 radical (unpaired) electrons. The number of likely N-dealkylation sites (N-methyl/N-ethyl adjacent to an activating group) is 1. The first kappa shape index (κ1) is 35.2. The van der Waals surface area contributed by atoms with Gasteiger partial charge >= 0.3 is 6.18 Å². The number of aliphatic imine (C=N–C) groups is 1. The molecule has 10 heteroatoms. The largest absolute Gasteiger partial charge is 0.416 e. The third-order valence-corrected chi connectivity index (χ3v) is 9.20. The van der Waals surface area contributed by atoms with Crippen molar-refractivity contribution in [2.75, 3.05) is 26.2 Å². The number of carbonyl (C=O) groups excluding carboxylic acids is 2. The number of hydrogen-bond donors (Lipinski definition) is 0. The predicted octanol–water partition coefficient (Wildman–Crippen LogP) is 8.21. The molecule has 0 aromatic heterocycles. The molecular formula is C38H41F4N3O3. The van der Waals surface area contributed by atoms with E-state index in [4.69, 9.17) is 4.84 Å². The van der Waals surface area contributed by atoms with Crippen LogP contribution in [0.1, 0.15) is 62.6 Å². The molecule has 2 aliphatic rings. The van der Waals surface area contributed by atoms with Gasteiger partial charge in [-0.3, -0.25) is 14.4 Å². The number of nitrogens with zero attached hydrogens (tertiary/aromatic N) is 3. The third kappa shape index (κ3) is 8.85. The highest BCUT2D eigenvalue weighted by Crippen LogP contribution is 2.39. The van der Waals surface area contributed by atoms with E-state index in [0.717, 1.165) is 60.3 Å². The van der Waals surface area contributed by atoms with Gasteiger partial charge in [0.05, 0.1) is 18.7 Å². The second-order valence-electron chi connectivity index (χ2n) is 12.2. The molecule has 1 heterocycles. The van der Waals surface area contributed by atoms with Crippen LogP contribution < -0.4 is 0 Å². The molecule has 0 saturated carbocycles. The molecule has 1 unspecified atom stereocenters. The number of alkyl halides is 3. The summed E-state index contributed by atoms with van der Waals surface area (Å²) >= 11 is 0. The summed E-state index contributed by atoms with van der Waals surface area (Å²) in [5.41, 5.74) is 4.79. The van der Waals surface area contributed by atoms with Gasteiger partial charge in [0.2, 0.25) is 5.91 Å². The van der Waals surface area contributed by atoms with Crippen LogP contribution in [-0.2, 0) is 33.6 Å². The van der Waals surface area contributed by atoms with Crippen LogP contribution in [0.4, 0.5) is 17.6 Å². The molecule has 1 aliphatic heterocycles. The van der Waals surface area contributed by atoms with Crippen molar-refractivity contribution < 1.29 is 32.0 Å². The second-order valence-corrected chi connectivity index (χ2v) is 12.2. The van der Waals surface area contributed by atoms with Gasteiger partial charge in [-0.15, -0.1) is 0 Å². The Kier molecular flexibility index (Phi) is 11.6. The SMILES string of the molecule is CCN(CC)CCON(Cc1ccc(-c2ccc(C(F)(F)F)cc2)cc1)C(=O)CC1C(CCc2ccc(F)cc2)=NC(=O)C2=C1CCC2. The van der Waals surface area contributed by atoms with Gasteiger partial charge in [0.25, 0.3) is 5.91 Å². The summed E-state index contributed by atoms with van der Waals surface area (Å²) in [6.45, 7) is 6.94. The van der Waals surface area contributed by atoms with Crippen LogP contribution in [0.3, 0.4) is 0 Å². The van der Waals surface area contributed by atoms with Crippen LogP contribution >= 0.6 is 0 Å². The van der Waals surface area contributed by atoms with E-state index >= 15 is 0 Å². The Labute approximate surface area is 279 Å². The minimum atomic E-state index is -4.40. The van der Waals surface area contributed by atoms with Gasteiger partial charge in [-0.1, -0.05) is 68.0 Å². The monoisotopic (exact) mass is 663 g/mol. The molecule has 2 amide bonds. The summed E-state index contributed by atoms with van der Waals surface area (Å²) in [6.07, 6.45) is -1.02. The Bertz CT molecular complexity index is 1630. The number of benzene rings is 3. The van der Waals surface area contributed by atoms with Gasteiger partial charge in [0.15, 0.2) is 0 Å². The molecule has 5 rings (SSSR count). The van der Waals surface area contributed by atoms with Gasteiger partial charge in [-0.2, -0.15) is 13.2 Å². The first-order chi connectivity index (χ1) is 23.0. The van der Waals surface area contributed by atoms with E-state index in [-0.39, 0.29) is 36.5 Å². The van der Waals surface area contributed by atoms with E-state index in [0.29, 0.717) is 49.3 Å². The van der Waals surface area contributed by atoms with Crippen molar-refractivity contribution in [3.8, 4) is 11.1 Å². The first-order valence-corrected chi connectivity index (χ1v) is 16.6. The number of amides is 2. The number of hydroxylamine groups is 2. The molecule has 0 fully saturated rings. The minimum absolute atomic E-state index is 0.100. The normalized spacial score (nSPS) is 16.4. The van der Waals surface area contributed by atoms with E-state index in [2.05, 4.69) is 23.7 Å². The van der Waals surface area contributed by atoms with Crippen LogP contribution in [0.15, 0.2) is 88.9 Å². The number of allylic oxidation sites excluding steroid dienone is 1. The molecule has 0 saturated heterocycles. The van der Waals surface area contributed by atoms with E-state index in [9.17, 15) is 27.2 Å². The number of rotatable bonds is 14. The molecule has 6 nitrogen and oxygen atoms in total. The molecular weight excluding hydrogens is 622 g/mol. The fourth-order valence-corrected chi connectivity index (χ4v) is 6.39. The van der Waals surface area contributed by atoms with Gasteiger partial charge in [0.1, 0.15) is 5.82 Å². The van der Waals surface area contributed by atoms with Crippen molar-refractivity contribution >= 4 is 17.5 Å². The van der Waals surface area contributed by atoms with E-state index in [1.807, 2.05) is 24.3 Å². The number of dihydropyridines is 1. The molecule has 48 heavy (non-hydrogen) atoms. The lowest BCUT2D eigenvalue weighted by Crippen LogP contribution is -2.37. The van der Waals surface area contributed by atoms with E-state index < -0.39 is 11.7 Å². The Morgan fingerprint density at radius 3 is 2.12 bits per heavy atom. The summed E-state index contributed by atoms with van der Waals surface area (Å²) in [7, 11) is 0. The average molecular weight is 664 g/mol. The van der Waals surface area contributed by atoms with Gasteiger partial charge < -0.3 is 4.90 Å². The Morgan fingerprint density at radius 1 is 0.875 bits per heavy atom. The predicted molar refractivity (Wildman–Crippen MR) is 177 cm³/mol. The molecule has 3 aromatic carbocycles. The Balaban J connectivity index is 1.33. The number of hydrogen-bond acceptors (Lipinski definition) is 4. The van der Waals surface area contributed by atoms with Crippen molar-refractivity contribution in [2.24, 2.45) is 10.9 Å².